The molecule has 5 nitrogen and oxygen atoms in total. The SMILES string of the molecule is CSc1ncc(Br)c(-c2nnc(-c3ccccc3Cl)o2)n1. The van der Waals surface area contributed by atoms with Crippen LogP contribution in [0.2, 0.25) is 5.02 Å². The van der Waals surface area contributed by atoms with Gasteiger partial charge < -0.3 is 4.42 Å². The average molecular weight is 384 g/mol. The zero-order chi connectivity index (χ0) is 14.8. The number of hydrogen-bond acceptors (Lipinski definition) is 6. The van der Waals surface area contributed by atoms with Crippen molar-refractivity contribution in [2.45, 2.75) is 5.16 Å². The molecule has 0 aliphatic rings. The van der Waals surface area contributed by atoms with Gasteiger partial charge in [0.05, 0.1) is 15.1 Å². The van der Waals surface area contributed by atoms with Gasteiger partial charge in [-0.05, 0) is 34.3 Å². The van der Waals surface area contributed by atoms with E-state index in [9.17, 15) is 0 Å². The Labute approximate surface area is 138 Å². The molecule has 0 amide bonds. The predicted octanol–water partition coefficient (Wildman–Crippen LogP) is 4.33. The summed E-state index contributed by atoms with van der Waals surface area (Å²) in [6, 6.07) is 7.29. The lowest BCUT2D eigenvalue weighted by Gasteiger charge is -2.00. The molecular formula is C13H8BrClN4OS. The predicted molar refractivity (Wildman–Crippen MR) is 85.3 cm³/mol. The lowest BCUT2D eigenvalue weighted by atomic mass is 10.2. The fourth-order valence-electron chi connectivity index (χ4n) is 1.66. The van der Waals surface area contributed by atoms with Gasteiger partial charge in [-0.3, -0.25) is 0 Å². The van der Waals surface area contributed by atoms with Crippen LogP contribution in [0.3, 0.4) is 0 Å². The maximum absolute atomic E-state index is 6.13. The number of hydrogen-bond donors (Lipinski definition) is 0. The zero-order valence-corrected chi connectivity index (χ0v) is 13.9. The summed E-state index contributed by atoms with van der Waals surface area (Å²) in [5, 5.41) is 9.25. The van der Waals surface area contributed by atoms with Gasteiger partial charge in [0, 0.05) is 6.20 Å². The van der Waals surface area contributed by atoms with Crippen LogP contribution >= 0.6 is 39.3 Å². The van der Waals surface area contributed by atoms with Crippen molar-refractivity contribution >= 4 is 39.3 Å². The molecule has 3 rings (SSSR count). The Morgan fingerprint density at radius 3 is 2.71 bits per heavy atom. The quantitative estimate of drug-likeness (QED) is 0.495. The largest absolute Gasteiger partial charge is 0.414 e. The van der Waals surface area contributed by atoms with Crippen molar-refractivity contribution in [3.63, 3.8) is 0 Å². The number of nitrogens with zero attached hydrogens (tertiary/aromatic N) is 4. The first-order chi connectivity index (χ1) is 10.2. The van der Waals surface area contributed by atoms with Crippen molar-refractivity contribution in [3.05, 3.63) is 40.0 Å². The van der Waals surface area contributed by atoms with Crippen LogP contribution < -0.4 is 0 Å². The molecule has 0 aliphatic carbocycles. The van der Waals surface area contributed by atoms with Crippen LogP contribution in [0.15, 0.2) is 44.5 Å². The molecule has 2 aromatic heterocycles. The molecule has 3 aromatic rings. The standard InChI is InChI=1S/C13H8BrClN4OS/c1-21-13-16-6-8(14)10(17-13)12-19-18-11(20-12)7-4-2-3-5-9(7)15/h2-6H,1H3. The van der Waals surface area contributed by atoms with Gasteiger partial charge in [0.2, 0.25) is 5.89 Å². The maximum Gasteiger partial charge on any atom is 0.267 e. The molecule has 0 bridgehead atoms. The second-order valence-electron chi connectivity index (χ2n) is 3.95. The molecule has 0 saturated carbocycles. The minimum Gasteiger partial charge on any atom is -0.414 e. The molecule has 21 heavy (non-hydrogen) atoms. The van der Waals surface area contributed by atoms with E-state index < -0.39 is 0 Å². The zero-order valence-electron chi connectivity index (χ0n) is 10.7. The molecular weight excluding hydrogens is 376 g/mol. The Bertz CT molecular complexity index is 795. The van der Waals surface area contributed by atoms with Crippen molar-refractivity contribution in [3.8, 4) is 23.0 Å². The lowest BCUT2D eigenvalue weighted by Crippen LogP contribution is -1.91. The molecule has 0 aliphatic heterocycles. The first-order valence-electron chi connectivity index (χ1n) is 5.84. The van der Waals surface area contributed by atoms with Gasteiger partial charge in [-0.25, -0.2) is 9.97 Å². The van der Waals surface area contributed by atoms with Crippen LogP contribution in [-0.4, -0.2) is 26.4 Å². The summed E-state index contributed by atoms with van der Waals surface area (Å²) in [4.78, 5) is 8.52. The number of thioether (sulfide) groups is 1. The Hall–Kier alpha value is -1.44. The highest BCUT2D eigenvalue weighted by atomic mass is 79.9. The topological polar surface area (TPSA) is 64.7 Å². The van der Waals surface area contributed by atoms with Crippen molar-refractivity contribution in [2.75, 3.05) is 6.26 Å². The van der Waals surface area contributed by atoms with Crippen LogP contribution in [-0.2, 0) is 0 Å². The highest BCUT2D eigenvalue weighted by Gasteiger charge is 2.17. The molecule has 0 N–H and O–H groups in total. The average Bonchev–Trinajstić information content (AvgIpc) is 2.97. The molecule has 0 saturated heterocycles. The van der Waals surface area contributed by atoms with Crippen LogP contribution in [0.5, 0.6) is 0 Å². The molecule has 8 heteroatoms. The molecule has 0 fully saturated rings. The van der Waals surface area contributed by atoms with Gasteiger partial charge in [0.1, 0.15) is 5.69 Å². The summed E-state index contributed by atoms with van der Waals surface area (Å²) in [5.41, 5.74) is 1.24. The van der Waals surface area contributed by atoms with Crippen molar-refractivity contribution < 1.29 is 4.42 Å². The van der Waals surface area contributed by atoms with Gasteiger partial charge in [-0.2, -0.15) is 0 Å². The maximum atomic E-state index is 6.13. The van der Waals surface area contributed by atoms with E-state index in [0.717, 1.165) is 0 Å². The summed E-state index contributed by atoms with van der Waals surface area (Å²) in [6.07, 6.45) is 3.56. The minimum atomic E-state index is 0.314. The van der Waals surface area contributed by atoms with Crippen LogP contribution in [0.1, 0.15) is 0 Å². The molecule has 2 heterocycles. The summed E-state index contributed by atoms with van der Waals surface area (Å²) in [5.74, 6) is 0.668. The van der Waals surface area contributed by atoms with Gasteiger partial charge in [0.15, 0.2) is 5.16 Å². The van der Waals surface area contributed by atoms with Crippen LogP contribution in [0.25, 0.3) is 23.0 Å². The summed E-state index contributed by atoms with van der Waals surface area (Å²) in [7, 11) is 0. The number of rotatable bonds is 3. The lowest BCUT2D eigenvalue weighted by molar-refractivity contribution is 0.580. The summed E-state index contributed by atoms with van der Waals surface area (Å²) >= 11 is 11.0. The molecule has 0 atom stereocenters. The van der Waals surface area contributed by atoms with E-state index in [1.807, 2.05) is 24.5 Å². The first kappa shape index (κ1) is 14.5. The Morgan fingerprint density at radius 2 is 1.95 bits per heavy atom. The molecule has 1 aromatic carbocycles. The third-order valence-corrected chi connectivity index (χ3v) is 4.11. The van der Waals surface area contributed by atoms with Gasteiger partial charge in [0.25, 0.3) is 5.89 Å². The third kappa shape index (κ3) is 2.95. The first-order valence-corrected chi connectivity index (χ1v) is 8.24. The van der Waals surface area contributed by atoms with E-state index in [4.69, 9.17) is 16.0 Å². The second-order valence-corrected chi connectivity index (χ2v) is 5.98. The highest BCUT2D eigenvalue weighted by Crippen LogP contribution is 2.31. The number of halogens is 2. The van der Waals surface area contributed by atoms with Crippen LogP contribution in [0, 0.1) is 0 Å². The van der Waals surface area contributed by atoms with Gasteiger partial charge >= 0.3 is 0 Å². The second kappa shape index (κ2) is 6.13. The van der Waals surface area contributed by atoms with E-state index in [2.05, 4.69) is 36.1 Å². The van der Waals surface area contributed by atoms with Crippen molar-refractivity contribution in [2.24, 2.45) is 0 Å². The van der Waals surface area contributed by atoms with Crippen molar-refractivity contribution in [1.82, 2.24) is 20.2 Å². The Morgan fingerprint density at radius 1 is 1.19 bits per heavy atom. The van der Waals surface area contributed by atoms with E-state index in [1.54, 1.807) is 12.3 Å². The number of aromatic nitrogens is 4. The Balaban J connectivity index is 2.05. The molecule has 0 radical (unpaired) electrons. The minimum absolute atomic E-state index is 0.314. The fourth-order valence-corrected chi connectivity index (χ4v) is 2.58. The smallest absolute Gasteiger partial charge is 0.267 e. The monoisotopic (exact) mass is 382 g/mol. The van der Waals surface area contributed by atoms with Gasteiger partial charge in [-0.15, -0.1) is 10.2 Å². The van der Waals surface area contributed by atoms with E-state index in [1.165, 1.54) is 11.8 Å². The fraction of sp³-hybridized carbons (Fsp3) is 0.0769. The van der Waals surface area contributed by atoms with Gasteiger partial charge in [-0.1, -0.05) is 35.5 Å². The summed E-state index contributed by atoms with van der Waals surface area (Å²) < 4.78 is 6.37. The van der Waals surface area contributed by atoms with Crippen LogP contribution in [0.4, 0.5) is 0 Å². The highest BCUT2D eigenvalue weighted by molar-refractivity contribution is 9.10. The molecule has 0 unspecified atom stereocenters. The molecule has 106 valence electrons. The van der Waals surface area contributed by atoms with E-state index in [-0.39, 0.29) is 0 Å². The third-order valence-electron chi connectivity index (χ3n) is 2.64. The summed E-state index contributed by atoms with van der Waals surface area (Å²) in [6.45, 7) is 0. The van der Waals surface area contributed by atoms with Crippen molar-refractivity contribution in [1.29, 1.82) is 0 Å². The Kier molecular flexibility index (Phi) is 4.23. The molecule has 0 spiro atoms. The number of benzene rings is 1. The normalized spacial score (nSPS) is 10.8. The van der Waals surface area contributed by atoms with E-state index >= 15 is 0 Å². The van der Waals surface area contributed by atoms with E-state index in [0.29, 0.717) is 37.7 Å².